The molecule has 2 aromatic rings. The molecule has 1 aliphatic heterocycles. The minimum absolute atomic E-state index is 0.108. The van der Waals surface area contributed by atoms with Crippen molar-refractivity contribution in [3.05, 3.63) is 60.8 Å². The minimum atomic E-state index is -0.562. The number of hydrogen-bond acceptors (Lipinski definition) is 5. The van der Waals surface area contributed by atoms with Crippen molar-refractivity contribution in [1.29, 1.82) is 0 Å². The number of carbonyl (C=O) groups is 2. The number of imide groups is 1. The van der Waals surface area contributed by atoms with E-state index in [9.17, 15) is 14.0 Å². The normalized spacial score (nSPS) is 15.2. The Hall–Kier alpha value is -1.78. The van der Waals surface area contributed by atoms with E-state index in [0.717, 1.165) is 20.2 Å². The second-order valence-corrected chi connectivity index (χ2v) is 8.73. The van der Waals surface area contributed by atoms with Crippen LogP contribution < -0.4 is 9.47 Å². The fourth-order valence-electron chi connectivity index (χ4n) is 2.85. The van der Waals surface area contributed by atoms with Gasteiger partial charge in [0.05, 0.1) is 28.2 Å². The van der Waals surface area contributed by atoms with E-state index in [-0.39, 0.29) is 22.0 Å². The Morgan fingerprint density at radius 1 is 1.20 bits per heavy atom. The van der Waals surface area contributed by atoms with Crippen LogP contribution in [0, 0.1) is 9.39 Å². The summed E-state index contributed by atoms with van der Waals surface area (Å²) in [5, 5.41) is -0.309. The molecule has 1 saturated heterocycles. The highest BCUT2D eigenvalue weighted by Crippen LogP contribution is 2.38. The third-order valence-electron chi connectivity index (χ3n) is 4.17. The van der Waals surface area contributed by atoms with Crippen LogP contribution in [0.4, 0.5) is 9.18 Å². The SMILES string of the molecule is CCOc1cc(/C=C2/SC(=O)N(Cc3c(F)cccc3Cl)C2=O)cc(I)c1OCC. The highest BCUT2D eigenvalue weighted by Gasteiger charge is 2.36. The number of thioether (sulfide) groups is 1. The van der Waals surface area contributed by atoms with Gasteiger partial charge in [-0.1, -0.05) is 17.7 Å². The van der Waals surface area contributed by atoms with Gasteiger partial charge < -0.3 is 9.47 Å². The highest BCUT2D eigenvalue weighted by molar-refractivity contribution is 14.1. The van der Waals surface area contributed by atoms with Crippen LogP contribution in [0.15, 0.2) is 35.2 Å². The summed E-state index contributed by atoms with van der Waals surface area (Å²) in [6.45, 7) is 4.48. The lowest BCUT2D eigenvalue weighted by Gasteiger charge is -2.14. The van der Waals surface area contributed by atoms with Crippen molar-refractivity contribution < 1.29 is 23.5 Å². The molecule has 0 radical (unpaired) electrons. The van der Waals surface area contributed by atoms with E-state index in [4.69, 9.17) is 21.1 Å². The zero-order valence-electron chi connectivity index (χ0n) is 16.2. The molecule has 5 nitrogen and oxygen atoms in total. The van der Waals surface area contributed by atoms with Gasteiger partial charge in [-0.05, 0) is 84.1 Å². The first-order chi connectivity index (χ1) is 14.3. The van der Waals surface area contributed by atoms with E-state index in [2.05, 4.69) is 22.6 Å². The Kier molecular flexibility index (Phi) is 7.65. The second-order valence-electron chi connectivity index (χ2n) is 6.16. The standard InChI is InChI=1S/C21H18ClFINO4S/c1-3-28-17-9-12(8-16(24)19(17)29-4-2)10-18-20(26)25(21(27)30-18)11-13-14(22)6-5-7-15(13)23/h5-10H,3-4,11H2,1-2H3/b18-10+. The van der Waals surface area contributed by atoms with Gasteiger partial charge in [-0.3, -0.25) is 14.5 Å². The Morgan fingerprint density at radius 2 is 1.93 bits per heavy atom. The first-order valence-electron chi connectivity index (χ1n) is 9.13. The van der Waals surface area contributed by atoms with Gasteiger partial charge in [-0.2, -0.15) is 0 Å². The van der Waals surface area contributed by atoms with Gasteiger partial charge in [-0.15, -0.1) is 0 Å². The third-order valence-corrected chi connectivity index (χ3v) is 6.23. The van der Waals surface area contributed by atoms with Crippen LogP contribution in [-0.4, -0.2) is 29.3 Å². The van der Waals surface area contributed by atoms with Gasteiger partial charge in [0.1, 0.15) is 5.82 Å². The predicted molar refractivity (Wildman–Crippen MR) is 124 cm³/mol. The summed E-state index contributed by atoms with van der Waals surface area (Å²) in [6.07, 6.45) is 1.62. The van der Waals surface area contributed by atoms with Crippen molar-refractivity contribution in [1.82, 2.24) is 4.90 Å². The van der Waals surface area contributed by atoms with Gasteiger partial charge in [-0.25, -0.2) is 4.39 Å². The highest BCUT2D eigenvalue weighted by atomic mass is 127. The molecule has 0 aromatic heterocycles. The minimum Gasteiger partial charge on any atom is -0.490 e. The van der Waals surface area contributed by atoms with Crippen LogP contribution >= 0.6 is 46.0 Å². The molecule has 158 valence electrons. The molecule has 0 N–H and O–H groups in total. The number of ether oxygens (including phenoxy) is 2. The van der Waals surface area contributed by atoms with Crippen LogP contribution in [0.25, 0.3) is 6.08 Å². The summed E-state index contributed by atoms with van der Waals surface area (Å²) < 4.78 is 26.2. The molecule has 0 aliphatic carbocycles. The maximum Gasteiger partial charge on any atom is 0.293 e. The number of rotatable bonds is 7. The smallest absolute Gasteiger partial charge is 0.293 e. The fourth-order valence-corrected chi connectivity index (χ4v) is 4.69. The molecule has 0 spiro atoms. The molecular formula is C21H18ClFINO4S. The molecule has 0 bridgehead atoms. The largest absolute Gasteiger partial charge is 0.490 e. The van der Waals surface area contributed by atoms with Crippen molar-refractivity contribution in [3.63, 3.8) is 0 Å². The number of benzene rings is 2. The van der Waals surface area contributed by atoms with Crippen LogP contribution in [0.2, 0.25) is 5.02 Å². The summed E-state index contributed by atoms with van der Waals surface area (Å²) in [6, 6.07) is 7.84. The van der Waals surface area contributed by atoms with Crippen molar-refractivity contribution in [2.24, 2.45) is 0 Å². The van der Waals surface area contributed by atoms with Crippen molar-refractivity contribution in [3.8, 4) is 11.5 Å². The van der Waals surface area contributed by atoms with E-state index >= 15 is 0 Å². The molecule has 0 atom stereocenters. The zero-order chi connectivity index (χ0) is 21.8. The number of hydrogen-bond donors (Lipinski definition) is 0. The Bertz CT molecular complexity index is 1010. The lowest BCUT2D eigenvalue weighted by atomic mass is 10.1. The van der Waals surface area contributed by atoms with Gasteiger partial charge >= 0.3 is 0 Å². The molecule has 1 heterocycles. The molecule has 1 fully saturated rings. The maximum atomic E-state index is 14.1. The average Bonchev–Trinajstić information content (AvgIpc) is 2.94. The van der Waals surface area contributed by atoms with Crippen LogP contribution in [-0.2, 0) is 11.3 Å². The zero-order valence-corrected chi connectivity index (χ0v) is 19.9. The van der Waals surface area contributed by atoms with E-state index in [1.807, 2.05) is 19.9 Å². The monoisotopic (exact) mass is 561 g/mol. The Balaban J connectivity index is 1.90. The quantitative estimate of drug-likeness (QED) is 0.301. The van der Waals surface area contributed by atoms with Crippen molar-refractivity contribution in [2.45, 2.75) is 20.4 Å². The number of amides is 2. The summed E-state index contributed by atoms with van der Waals surface area (Å²) in [5.41, 5.74) is 0.803. The number of carbonyl (C=O) groups excluding carboxylic acids is 2. The van der Waals surface area contributed by atoms with Crippen molar-refractivity contribution in [2.75, 3.05) is 13.2 Å². The van der Waals surface area contributed by atoms with Gasteiger partial charge in [0.25, 0.3) is 11.1 Å². The number of halogens is 3. The second kappa shape index (κ2) is 10.0. The lowest BCUT2D eigenvalue weighted by molar-refractivity contribution is -0.123. The van der Waals surface area contributed by atoms with E-state index in [0.29, 0.717) is 30.3 Å². The van der Waals surface area contributed by atoms with Gasteiger partial charge in [0.15, 0.2) is 11.5 Å². The first kappa shape index (κ1) is 22.9. The Labute approximate surface area is 196 Å². The molecule has 1 aliphatic rings. The maximum absolute atomic E-state index is 14.1. The van der Waals surface area contributed by atoms with E-state index in [1.165, 1.54) is 18.2 Å². The summed E-state index contributed by atoms with van der Waals surface area (Å²) in [5.74, 6) is 0.147. The van der Waals surface area contributed by atoms with Gasteiger partial charge in [0.2, 0.25) is 0 Å². The molecule has 3 rings (SSSR count). The molecule has 9 heteroatoms. The lowest BCUT2D eigenvalue weighted by Crippen LogP contribution is -2.28. The van der Waals surface area contributed by atoms with Gasteiger partial charge in [0, 0.05) is 10.6 Å². The van der Waals surface area contributed by atoms with E-state index in [1.54, 1.807) is 12.1 Å². The Morgan fingerprint density at radius 3 is 2.60 bits per heavy atom. The molecule has 2 aromatic carbocycles. The molecule has 2 amide bonds. The van der Waals surface area contributed by atoms with E-state index < -0.39 is 17.0 Å². The molecule has 0 unspecified atom stereocenters. The third kappa shape index (κ3) is 4.92. The fraction of sp³-hybridized carbons (Fsp3) is 0.238. The molecule has 0 saturated carbocycles. The van der Waals surface area contributed by atoms with Crippen LogP contribution in [0.1, 0.15) is 25.0 Å². The van der Waals surface area contributed by atoms with Crippen LogP contribution in [0.3, 0.4) is 0 Å². The summed E-state index contributed by atoms with van der Waals surface area (Å²) in [7, 11) is 0. The summed E-state index contributed by atoms with van der Waals surface area (Å²) >= 11 is 8.98. The summed E-state index contributed by atoms with van der Waals surface area (Å²) in [4.78, 5) is 26.4. The number of nitrogens with zero attached hydrogens (tertiary/aromatic N) is 1. The average molecular weight is 562 g/mol. The van der Waals surface area contributed by atoms with Crippen LogP contribution in [0.5, 0.6) is 11.5 Å². The predicted octanol–water partition coefficient (Wildman–Crippen LogP) is 6.12. The topological polar surface area (TPSA) is 55.8 Å². The molecule has 30 heavy (non-hydrogen) atoms. The van der Waals surface area contributed by atoms with Crippen molar-refractivity contribution >= 4 is 63.2 Å². The molecular weight excluding hydrogens is 544 g/mol. The first-order valence-corrected chi connectivity index (χ1v) is 11.4.